The summed E-state index contributed by atoms with van der Waals surface area (Å²) in [6, 6.07) is 5.25. The highest BCUT2D eigenvalue weighted by Crippen LogP contribution is 2.36. The molecule has 5 nitrogen and oxygen atoms in total. The molecule has 1 atom stereocenters. The zero-order valence-electron chi connectivity index (χ0n) is 14.3. The lowest BCUT2D eigenvalue weighted by Crippen LogP contribution is -2.22. The monoisotopic (exact) mass is 367 g/mol. The van der Waals surface area contributed by atoms with Gasteiger partial charge in [0.15, 0.2) is 6.29 Å². The molecule has 1 aliphatic rings. The van der Waals surface area contributed by atoms with Crippen LogP contribution in [0.4, 0.5) is 19.0 Å². The van der Waals surface area contributed by atoms with Gasteiger partial charge >= 0.3 is 6.18 Å². The number of fused-ring (bicyclic) bond motifs is 1. The number of halogens is 3. The van der Waals surface area contributed by atoms with Crippen LogP contribution in [0.1, 0.15) is 35.6 Å². The number of rotatable bonds is 6. The second-order valence-electron chi connectivity index (χ2n) is 5.98. The van der Waals surface area contributed by atoms with Crippen molar-refractivity contribution >= 4 is 11.9 Å². The van der Waals surface area contributed by atoms with Crippen molar-refractivity contribution in [3.63, 3.8) is 0 Å². The van der Waals surface area contributed by atoms with E-state index in [0.717, 1.165) is 12.1 Å². The van der Waals surface area contributed by atoms with E-state index in [1.165, 1.54) is 12.1 Å². The van der Waals surface area contributed by atoms with E-state index >= 15 is 0 Å². The number of alkyl halides is 3. The highest BCUT2D eigenvalue weighted by molar-refractivity contribution is 5.61. The average Bonchev–Trinajstić information content (AvgIpc) is 3.14. The van der Waals surface area contributed by atoms with Gasteiger partial charge in [0.05, 0.1) is 23.4 Å². The third kappa shape index (κ3) is 3.47. The highest BCUT2D eigenvalue weighted by Gasteiger charge is 2.32. The van der Waals surface area contributed by atoms with E-state index in [1.807, 2.05) is 4.90 Å². The first-order chi connectivity index (χ1) is 12.3. The summed E-state index contributed by atoms with van der Waals surface area (Å²) in [6.45, 7) is 7.23. The summed E-state index contributed by atoms with van der Waals surface area (Å²) >= 11 is 0. The van der Waals surface area contributed by atoms with Gasteiger partial charge in [-0.1, -0.05) is 18.7 Å². The summed E-state index contributed by atoms with van der Waals surface area (Å²) < 4.78 is 45.8. The maximum atomic E-state index is 12.9. The lowest BCUT2D eigenvalue weighted by atomic mass is 10.1. The molecule has 1 aliphatic heterocycles. The fraction of sp³-hybridized carbons (Fsp3) is 0.389. The van der Waals surface area contributed by atoms with Crippen molar-refractivity contribution in [2.75, 3.05) is 18.1 Å². The normalized spacial score (nSPS) is 15.2. The van der Waals surface area contributed by atoms with E-state index in [2.05, 4.69) is 11.7 Å². The molecule has 1 N–H and O–H groups in total. The van der Waals surface area contributed by atoms with Gasteiger partial charge < -0.3 is 14.7 Å². The van der Waals surface area contributed by atoms with Gasteiger partial charge in [0.1, 0.15) is 5.82 Å². The first-order valence-corrected chi connectivity index (χ1v) is 8.29. The van der Waals surface area contributed by atoms with Gasteiger partial charge in [0.25, 0.3) is 0 Å². The topological polar surface area (TPSA) is 50.5 Å². The Hall–Kier alpha value is -2.32. The van der Waals surface area contributed by atoms with Gasteiger partial charge in [-0.2, -0.15) is 18.3 Å². The maximum Gasteiger partial charge on any atom is 0.416 e. The molecule has 1 unspecified atom stereocenters. The van der Waals surface area contributed by atoms with E-state index in [9.17, 15) is 18.3 Å². The summed E-state index contributed by atoms with van der Waals surface area (Å²) in [6.07, 6.45) is -4.01. The van der Waals surface area contributed by atoms with Crippen molar-refractivity contribution in [3.05, 3.63) is 53.2 Å². The molecule has 0 bridgehead atoms. The van der Waals surface area contributed by atoms with Gasteiger partial charge in [-0.15, -0.1) is 0 Å². The molecular formula is C18H20F3N3O2. The number of benzene rings is 1. The molecule has 2 heterocycles. The second kappa shape index (κ2) is 7.13. The number of hydrogen-bond donors (Lipinski definition) is 1. The van der Waals surface area contributed by atoms with Crippen LogP contribution in [0.3, 0.4) is 0 Å². The Kier molecular flexibility index (Phi) is 5.06. The van der Waals surface area contributed by atoms with Crippen molar-refractivity contribution in [2.45, 2.75) is 32.5 Å². The Labute approximate surface area is 149 Å². The van der Waals surface area contributed by atoms with Gasteiger partial charge in [-0.05, 0) is 30.7 Å². The van der Waals surface area contributed by atoms with Crippen LogP contribution in [0, 0.1) is 0 Å². The van der Waals surface area contributed by atoms with E-state index in [-0.39, 0.29) is 6.54 Å². The predicted molar refractivity (Wildman–Crippen MR) is 91.4 cm³/mol. The van der Waals surface area contributed by atoms with Crippen LogP contribution in [-0.4, -0.2) is 28.0 Å². The third-order valence-electron chi connectivity index (χ3n) is 4.26. The van der Waals surface area contributed by atoms with Crippen LogP contribution >= 0.6 is 0 Å². The average molecular weight is 367 g/mol. The van der Waals surface area contributed by atoms with Crippen LogP contribution in [0.2, 0.25) is 0 Å². The van der Waals surface area contributed by atoms with Crippen LogP contribution in [0.15, 0.2) is 30.8 Å². The van der Waals surface area contributed by atoms with E-state index in [0.29, 0.717) is 42.3 Å². The standard InChI is InChI=1S/C18H20F3N3O2/c1-3-14-15(17(25)26-4-2)16-23(8-9-24(16)22-14)11-12-6-5-7-13(10-12)18(19,20)21/h3,5-7,10,17,25H,1,4,8-9,11H2,2H3. The van der Waals surface area contributed by atoms with Gasteiger partial charge in [0, 0.05) is 19.7 Å². The highest BCUT2D eigenvalue weighted by atomic mass is 19.4. The molecule has 26 heavy (non-hydrogen) atoms. The minimum atomic E-state index is -4.38. The molecule has 0 fully saturated rings. The van der Waals surface area contributed by atoms with Crippen molar-refractivity contribution in [3.8, 4) is 0 Å². The lowest BCUT2D eigenvalue weighted by Gasteiger charge is -2.21. The van der Waals surface area contributed by atoms with Gasteiger partial charge in [0.2, 0.25) is 0 Å². The van der Waals surface area contributed by atoms with Gasteiger partial charge in [-0.3, -0.25) is 0 Å². The first-order valence-electron chi connectivity index (χ1n) is 8.29. The molecule has 2 aromatic rings. The molecule has 0 amide bonds. The Morgan fingerprint density at radius 3 is 2.81 bits per heavy atom. The molecule has 1 aromatic carbocycles. The van der Waals surface area contributed by atoms with Crippen molar-refractivity contribution in [1.82, 2.24) is 9.78 Å². The minimum absolute atomic E-state index is 0.276. The largest absolute Gasteiger partial charge is 0.416 e. The Morgan fingerprint density at radius 2 is 2.15 bits per heavy atom. The molecule has 140 valence electrons. The Morgan fingerprint density at radius 1 is 1.38 bits per heavy atom. The second-order valence-corrected chi connectivity index (χ2v) is 5.98. The third-order valence-corrected chi connectivity index (χ3v) is 4.26. The summed E-state index contributed by atoms with van der Waals surface area (Å²) in [5.41, 5.74) is 0.858. The number of hydrogen-bond acceptors (Lipinski definition) is 4. The maximum absolute atomic E-state index is 12.9. The quantitative estimate of drug-likeness (QED) is 0.793. The van der Waals surface area contributed by atoms with Crippen molar-refractivity contribution in [1.29, 1.82) is 0 Å². The number of aromatic nitrogens is 2. The number of aliphatic hydroxyl groups is 1. The van der Waals surface area contributed by atoms with Crippen LogP contribution in [-0.2, 0) is 24.0 Å². The molecule has 0 aliphatic carbocycles. The summed E-state index contributed by atoms with van der Waals surface area (Å²) in [5.74, 6) is 0.651. The molecule has 0 radical (unpaired) electrons. The van der Waals surface area contributed by atoms with E-state index in [1.54, 1.807) is 17.7 Å². The molecule has 8 heteroatoms. The number of aliphatic hydroxyl groups excluding tert-OH is 1. The number of ether oxygens (including phenoxy) is 1. The first kappa shape index (κ1) is 18.5. The summed E-state index contributed by atoms with van der Waals surface area (Å²) in [5, 5.41) is 14.7. The van der Waals surface area contributed by atoms with Crippen LogP contribution in [0.25, 0.3) is 6.08 Å². The fourth-order valence-electron chi connectivity index (χ4n) is 3.14. The van der Waals surface area contributed by atoms with E-state index < -0.39 is 18.0 Å². The van der Waals surface area contributed by atoms with Gasteiger partial charge in [-0.25, -0.2) is 4.68 Å². The van der Waals surface area contributed by atoms with E-state index in [4.69, 9.17) is 4.74 Å². The molecule has 0 spiro atoms. The molecule has 0 saturated heterocycles. The van der Waals surface area contributed by atoms with Crippen molar-refractivity contribution in [2.24, 2.45) is 0 Å². The molecular weight excluding hydrogens is 347 g/mol. The minimum Gasteiger partial charge on any atom is -0.364 e. The summed E-state index contributed by atoms with van der Waals surface area (Å²) in [4.78, 5) is 1.90. The summed E-state index contributed by atoms with van der Waals surface area (Å²) in [7, 11) is 0. The number of anilines is 1. The fourth-order valence-corrected chi connectivity index (χ4v) is 3.14. The zero-order valence-corrected chi connectivity index (χ0v) is 14.3. The molecule has 1 aromatic heterocycles. The predicted octanol–water partition coefficient (Wildman–Crippen LogP) is 3.59. The molecule has 0 saturated carbocycles. The number of nitrogens with zero attached hydrogens (tertiary/aromatic N) is 3. The lowest BCUT2D eigenvalue weighted by molar-refractivity contribution is -0.137. The Balaban J connectivity index is 1.92. The SMILES string of the molecule is C=Cc1nn2c(c1C(O)OCC)N(Cc1cccc(C(F)(F)F)c1)CC2. The van der Waals surface area contributed by atoms with Crippen LogP contribution < -0.4 is 4.90 Å². The van der Waals surface area contributed by atoms with Crippen LogP contribution in [0.5, 0.6) is 0 Å². The van der Waals surface area contributed by atoms with Crippen molar-refractivity contribution < 1.29 is 23.0 Å². The smallest absolute Gasteiger partial charge is 0.364 e. The molecule has 3 rings (SSSR count). The Bertz CT molecular complexity index is 801. The zero-order chi connectivity index (χ0) is 18.9.